The molecule has 2 rings (SSSR count). The molecule has 0 saturated carbocycles. The third kappa shape index (κ3) is 1.67. The van der Waals surface area contributed by atoms with Gasteiger partial charge in [-0.2, -0.15) is 0 Å². The zero-order valence-corrected chi connectivity index (χ0v) is 9.20. The molecule has 0 aliphatic rings. The molecule has 4 heteroatoms. The van der Waals surface area contributed by atoms with Crippen LogP contribution < -0.4 is 5.73 Å². The lowest BCUT2D eigenvalue weighted by molar-refractivity contribution is 0.740. The third-order valence-electron chi connectivity index (χ3n) is 2.67. The van der Waals surface area contributed by atoms with E-state index in [1.807, 2.05) is 23.5 Å². The Morgan fingerprint density at radius 3 is 2.87 bits per heavy atom. The number of anilines is 1. The topological polar surface area (TPSA) is 56.2 Å². The summed E-state index contributed by atoms with van der Waals surface area (Å²) in [6.07, 6.45) is 3.26. The number of unbranched alkanes of at least 4 members (excludes halogenated alkanes) is 1. The fourth-order valence-electron chi connectivity index (χ4n) is 1.71. The van der Waals surface area contributed by atoms with Crippen molar-refractivity contribution in [1.29, 1.82) is 0 Å². The summed E-state index contributed by atoms with van der Waals surface area (Å²) < 4.78 is 2.05. The van der Waals surface area contributed by atoms with Crippen molar-refractivity contribution in [1.82, 2.24) is 14.6 Å². The van der Waals surface area contributed by atoms with Crippen LogP contribution in [0.3, 0.4) is 0 Å². The van der Waals surface area contributed by atoms with E-state index in [-0.39, 0.29) is 0 Å². The summed E-state index contributed by atoms with van der Waals surface area (Å²) in [4.78, 5) is 0. The first-order chi connectivity index (χ1) is 7.24. The normalized spacial score (nSPS) is 11.1. The number of nitrogens with two attached hydrogens (primary N) is 1. The zero-order valence-electron chi connectivity index (χ0n) is 9.20. The Labute approximate surface area is 89.1 Å². The fraction of sp³-hybridized carbons (Fsp3) is 0.455. The molecular weight excluding hydrogens is 188 g/mol. The second-order valence-electron chi connectivity index (χ2n) is 3.79. The summed E-state index contributed by atoms with van der Waals surface area (Å²) in [5, 5.41) is 8.32. The van der Waals surface area contributed by atoms with E-state index in [2.05, 4.69) is 17.1 Å². The van der Waals surface area contributed by atoms with Gasteiger partial charge in [0.1, 0.15) is 5.82 Å². The minimum Gasteiger partial charge on any atom is -0.397 e. The van der Waals surface area contributed by atoms with Crippen LogP contribution in [0.25, 0.3) is 5.65 Å². The number of nitrogen functional groups attached to an aromatic ring is 1. The van der Waals surface area contributed by atoms with E-state index >= 15 is 0 Å². The highest BCUT2D eigenvalue weighted by Crippen LogP contribution is 2.15. The van der Waals surface area contributed by atoms with Crippen LogP contribution in [0, 0.1) is 6.92 Å². The van der Waals surface area contributed by atoms with Crippen LogP contribution >= 0.6 is 0 Å². The van der Waals surface area contributed by atoms with Gasteiger partial charge in [0.15, 0.2) is 5.65 Å². The number of hydrogen-bond acceptors (Lipinski definition) is 3. The Hall–Kier alpha value is -1.58. The highest BCUT2D eigenvalue weighted by atomic mass is 15.2. The smallest absolute Gasteiger partial charge is 0.161 e. The average molecular weight is 204 g/mol. The molecular formula is C11H16N4. The lowest BCUT2D eigenvalue weighted by Gasteiger charge is -2.05. The summed E-state index contributed by atoms with van der Waals surface area (Å²) in [7, 11) is 0. The van der Waals surface area contributed by atoms with Gasteiger partial charge in [0.2, 0.25) is 0 Å². The van der Waals surface area contributed by atoms with Crippen molar-refractivity contribution in [2.75, 3.05) is 5.73 Å². The molecule has 15 heavy (non-hydrogen) atoms. The minimum atomic E-state index is 0.792. The Morgan fingerprint density at radius 1 is 1.33 bits per heavy atom. The van der Waals surface area contributed by atoms with Gasteiger partial charge in [0.05, 0.1) is 5.69 Å². The second-order valence-corrected chi connectivity index (χ2v) is 3.79. The molecule has 0 unspecified atom stereocenters. The maximum atomic E-state index is 5.87. The first-order valence-electron chi connectivity index (χ1n) is 5.33. The van der Waals surface area contributed by atoms with Gasteiger partial charge >= 0.3 is 0 Å². The first-order valence-corrected chi connectivity index (χ1v) is 5.33. The van der Waals surface area contributed by atoms with Gasteiger partial charge in [-0.15, -0.1) is 10.2 Å². The van der Waals surface area contributed by atoms with Crippen LogP contribution in [0.4, 0.5) is 5.69 Å². The molecule has 0 spiro atoms. The fourth-order valence-corrected chi connectivity index (χ4v) is 1.71. The summed E-state index contributed by atoms with van der Waals surface area (Å²) in [5.41, 5.74) is 8.57. The van der Waals surface area contributed by atoms with E-state index < -0.39 is 0 Å². The van der Waals surface area contributed by atoms with Gasteiger partial charge in [-0.05, 0) is 25.5 Å². The molecule has 0 amide bonds. The lowest BCUT2D eigenvalue weighted by Crippen LogP contribution is -2.02. The zero-order chi connectivity index (χ0) is 10.8. The van der Waals surface area contributed by atoms with Crippen LogP contribution in [0.2, 0.25) is 0 Å². The molecule has 0 bridgehead atoms. The molecule has 0 aliphatic heterocycles. The average Bonchev–Trinajstić information content (AvgIpc) is 2.64. The molecule has 80 valence electrons. The molecule has 2 aromatic heterocycles. The van der Waals surface area contributed by atoms with Crippen LogP contribution in [0.15, 0.2) is 12.1 Å². The van der Waals surface area contributed by atoms with Gasteiger partial charge < -0.3 is 5.73 Å². The maximum Gasteiger partial charge on any atom is 0.161 e. The number of aromatic nitrogens is 3. The van der Waals surface area contributed by atoms with E-state index in [1.165, 1.54) is 0 Å². The molecule has 0 aromatic carbocycles. The number of aryl methyl sites for hydroxylation is 2. The SMILES string of the molecule is CCCCc1nnc2ccc(N)c(C)n12. The van der Waals surface area contributed by atoms with Crippen molar-refractivity contribution in [3.63, 3.8) is 0 Å². The quantitative estimate of drug-likeness (QED) is 0.831. The van der Waals surface area contributed by atoms with Crippen LogP contribution in [0.1, 0.15) is 31.3 Å². The maximum absolute atomic E-state index is 5.87. The van der Waals surface area contributed by atoms with Crippen molar-refractivity contribution in [2.24, 2.45) is 0 Å². The Bertz CT molecular complexity index is 473. The van der Waals surface area contributed by atoms with Gasteiger partial charge in [-0.3, -0.25) is 4.40 Å². The summed E-state index contributed by atoms with van der Waals surface area (Å²) in [5.74, 6) is 1.01. The minimum absolute atomic E-state index is 0.792. The molecule has 0 fully saturated rings. The molecule has 2 heterocycles. The molecule has 0 atom stereocenters. The third-order valence-corrected chi connectivity index (χ3v) is 2.67. The van der Waals surface area contributed by atoms with E-state index in [9.17, 15) is 0 Å². The number of hydrogen-bond donors (Lipinski definition) is 1. The predicted octanol–water partition coefficient (Wildman–Crippen LogP) is 1.96. The van der Waals surface area contributed by atoms with Gasteiger partial charge in [0, 0.05) is 12.1 Å². The molecule has 2 N–H and O–H groups in total. The second kappa shape index (κ2) is 3.88. The van der Waals surface area contributed by atoms with E-state index in [1.54, 1.807) is 0 Å². The number of pyridine rings is 1. The van der Waals surface area contributed by atoms with Crippen LogP contribution in [0.5, 0.6) is 0 Å². The Kier molecular flexibility index (Phi) is 2.58. The largest absolute Gasteiger partial charge is 0.397 e. The molecule has 2 aromatic rings. The van der Waals surface area contributed by atoms with Crippen molar-refractivity contribution < 1.29 is 0 Å². The summed E-state index contributed by atoms with van der Waals surface area (Å²) in [6.45, 7) is 4.17. The molecule has 4 nitrogen and oxygen atoms in total. The first kappa shape index (κ1) is 9.96. The van der Waals surface area contributed by atoms with Crippen molar-refractivity contribution in [3.8, 4) is 0 Å². The molecule has 0 aliphatic carbocycles. The summed E-state index contributed by atoms with van der Waals surface area (Å²) in [6, 6.07) is 3.79. The van der Waals surface area contributed by atoms with Gasteiger partial charge in [0.25, 0.3) is 0 Å². The van der Waals surface area contributed by atoms with Crippen molar-refractivity contribution in [3.05, 3.63) is 23.7 Å². The van der Waals surface area contributed by atoms with Gasteiger partial charge in [-0.25, -0.2) is 0 Å². The number of nitrogens with zero attached hydrogens (tertiary/aromatic N) is 3. The lowest BCUT2D eigenvalue weighted by atomic mass is 10.2. The van der Waals surface area contributed by atoms with Crippen LogP contribution in [-0.4, -0.2) is 14.6 Å². The Balaban J connectivity index is 2.51. The monoisotopic (exact) mass is 204 g/mol. The number of rotatable bonds is 3. The molecule has 0 radical (unpaired) electrons. The summed E-state index contributed by atoms with van der Waals surface area (Å²) >= 11 is 0. The van der Waals surface area contributed by atoms with Crippen molar-refractivity contribution in [2.45, 2.75) is 33.1 Å². The van der Waals surface area contributed by atoms with E-state index in [0.717, 1.165) is 42.1 Å². The highest BCUT2D eigenvalue weighted by Gasteiger charge is 2.08. The van der Waals surface area contributed by atoms with E-state index in [4.69, 9.17) is 5.73 Å². The Morgan fingerprint density at radius 2 is 2.13 bits per heavy atom. The highest BCUT2D eigenvalue weighted by molar-refractivity contribution is 5.52. The van der Waals surface area contributed by atoms with Crippen LogP contribution in [-0.2, 0) is 6.42 Å². The van der Waals surface area contributed by atoms with Crippen molar-refractivity contribution >= 4 is 11.3 Å². The standard InChI is InChI=1S/C11H16N4/c1-3-4-5-10-13-14-11-7-6-9(12)8(2)15(10)11/h6-7H,3-5,12H2,1-2H3. The van der Waals surface area contributed by atoms with E-state index in [0.29, 0.717) is 0 Å². The number of fused-ring (bicyclic) bond motifs is 1. The predicted molar refractivity (Wildman–Crippen MR) is 60.7 cm³/mol. The van der Waals surface area contributed by atoms with Gasteiger partial charge in [-0.1, -0.05) is 13.3 Å². The molecule has 0 saturated heterocycles.